The van der Waals surface area contributed by atoms with Crippen LogP contribution in [0.25, 0.3) is 0 Å². The van der Waals surface area contributed by atoms with Crippen molar-refractivity contribution in [2.24, 2.45) is 0 Å². The summed E-state index contributed by atoms with van der Waals surface area (Å²) >= 11 is 0. The molecule has 10 heteroatoms. The van der Waals surface area contributed by atoms with Crippen LogP contribution in [-0.4, -0.2) is 46.4 Å². The third-order valence-corrected chi connectivity index (χ3v) is 4.84. The first-order valence-corrected chi connectivity index (χ1v) is 9.45. The number of nitrogens with one attached hydrogen (secondary N) is 1. The Kier molecular flexibility index (Phi) is 5.94. The zero-order chi connectivity index (χ0) is 18.7. The number of ether oxygens (including phenoxy) is 1. The molecule has 25 heavy (non-hydrogen) atoms. The Morgan fingerprint density at radius 3 is 2.68 bits per heavy atom. The van der Waals surface area contributed by atoms with Gasteiger partial charge >= 0.3 is 6.18 Å². The topological polar surface area (TPSA) is 75.7 Å². The van der Waals surface area contributed by atoms with Crippen LogP contribution in [0.5, 0.6) is 0 Å². The molecule has 6 nitrogen and oxygen atoms in total. The number of hydrogen-bond donors (Lipinski definition) is 1. The van der Waals surface area contributed by atoms with Gasteiger partial charge in [-0.25, -0.2) is 8.42 Å². The molecule has 0 aromatic heterocycles. The van der Waals surface area contributed by atoms with Crippen molar-refractivity contribution in [2.75, 3.05) is 30.3 Å². The van der Waals surface area contributed by atoms with Gasteiger partial charge in [-0.05, 0) is 31.0 Å². The van der Waals surface area contributed by atoms with Crippen LogP contribution < -0.4 is 9.62 Å². The molecule has 0 unspecified atom stereocenters. The van der Waals surface area contributed by atoms with Gasteiger partial charge < -0.3 is 10.1 Å². The number of carbonyl (C=O) groups is 1. The minimum atomic E-state index is -4.61. The highest BCUT2D eigenvalue weighted by atomic mass is 32.2. The van der Waals surface area contributed by atoms with E-state index in [1.807, 2.05) is 0 Å². The molecule has 1 aromatic carbocycles. The van der Waals surface area contributed by atoms with Gasteiger partial charge in [0.2, 0.25) is 15.9 Å². The monoisotopic (exact) mass is 380 g/mol. The number of nitrogens with zero attached hydrogens (tertiary/aromatic N) is 1. The van der Waals surface area contributed by atoms with E-state index in [0.717, 1.165) is 31.2 Å². The summed E-state index contributed by atoms with van der Waals surface area (Å²) in [7, 11) is -3.94. The summed E-state index contributed by atoms with van der Waals surface area (Å²) in [5.41, 5.74) is -1.21. The number of alkyl halides is 3. The molecule has 0 aliphatic carbocycles. The molecule has 0 bridgehead atoms. The van der Waals surface area contributed by atoms with Gasteiger partial charge in [0, 0.05) is 13.2 Å². The largest absolute Gasteiger partial charge is 0.416 e. The standard InChI is InChI=1S/C15H19F3N2O4S/c1-25(22,23)20(10-14(21)19-9-13-6-3-7-24-13)12-5-2-4-11(8-12)15(16,17)18/h2,4-5,8,13H,3,6-7,9-10H2,1H3,(H,19,21)/t13-/m1/s1. The fourth-order valence-corrected chi connectivity index (χ4v) is 3.30. The SMILES string of the molecule is CS(=O)(=O)N(CC(=O)NC[C@H]1CCCO1)c1cccc(C(F)(F)F)c1. The third-order valence-electron chi connectivity index (χ3n) is 3.70. The summed E-state index contributed by atoms with van der Waals surface area (Å²) < 4.78 is 68.3. The molecule has 1 N–H and O–H groups in total. The third kappa shape index (κ3) is 5.60. The Balaban J connectivity index is 2.12. The zero-order valence-corrected chi connectivity index (χ0v) is 14.4. The maximum Gasteiger partial charge on any atom is 0.416 e. The molecule has 1 aliphatic heterocycles. The van der Waals surface area contributed by atoms with Gasteiger partial charge in [0.25, 0.3) is 0 Å². The van der Waals surface area contributed by atoms with E-state index in [4.69, 9.17) is 4.74 Å². The van der Waals surface area contributed by atoms with Crippen LogP contribution >= 0.6 is 0 Å². The highest BCUT2D eigenvalue weighted by Gasteiger charge is 2.32. The maximum atomic E-state index is 12.8. The molecule has 1 atom stereocenters. The van der Waals surface area contributed by atoms with Crippen molar-refractivity contribution in [3.63, 3.8) is 0 Å². The van der Waals surface area contributed by atoms with Crippen LogP contribution in [0, 0.1) is 0 Å². The van der Waals surface area contributed by atoms with E-state index in [0.29, 0.717) is 17.0 Å². The lowest BCUT2D eigenvalue weighted by molar-refractivity contribution is -0.137. The predicted octanol–water partition coefficient (Wildman–Crippen LogP) is 1.77. The number of halogens is 3. The molecule has 140 valence electrons. The first-order chi connectivity index (χ1) is 11.6. The average molecular weight is 380 g/mol. The van der Waals surface area contributed by atoms with Crippen LogP contribution in [0.3, 0.4) is 0 Å². The molecule has 0 spiro atoms. The number of amides is 1. The van der Waals surface area contributed by atoms with E-state index in [1.54, 1.807) is 0 Å². The Bertz CT molecular complexity index is 716. The van der Waals surface area contributed by atoms with Gasteiger partial charge in [-0.15, -0.1) is 0 Å². The quantitative estimate of drug-likeness (QED) is 0.816. The van der Waals surface area contributed by atoms with E-state index in [1.165, 1.54) is 6.07 Å². The fourth-order valence-electron chi connectivity index (χ4n) is 2.46. The van der Waals surface area contributed by atoms with Gasteiger partial charge in [0.15, 0.2) is 0 Å². The van der Waals surface area contributed by atoms with Gasteiger partial charge in [0.1, 0.15) is 6.54 Å². The summed E-state index contributed by atoms with van der Waals surface area (Å²) in [5, 5.41) is 2.55. The second kappa shape index (κ2) is 7.61. The number of sulfonamides is 1. The first kappa shape index (κ1) is 19.5. The molecule has 1 aliphatic rings. The molecule has 1 saturated heterocycles. The van der Waals surface area contributed by atoms with Gasteiger partial charge in [0.05, 0.1) is 23.6 Å². The second-order valence-electron chi connectivity index (χ2n) is 5.76. The highest BCUT2D eigenvalue weighted by Crippen LogP contribution is 2.32. The van der Waals surface area contributed by atoms with Crippen LogP contribution in [-0.2, 0) is 25.7 Å². The second-order valence-corrected chi connectivity index (χ2v) is 7.66. The lowest BCUT2D eigenvalue weighted by atomic mass is 10.2. The number of carbonyl (C=O) groups excluding carboxylic acids is 1. The van der Waals surface area contributed by atoms with E-state index in [2.05, 4.69) is 5.32 Å². The van der Waals surface area contributed by atoms with Crippen LogP contribution in [0.2, 0.25) is 0 Å². The van der Waals surface area contributed by atoms with Crippen molar-refractivity contribution in [3.8, 4) is 0 Å². The number of anilines is 1. The Morgan fingerprint density at radius 1 is 1.40 bits per heavy atom. The summed E-state index contributed by atoms with van der Waals surface area (Å²) in [6, 6.07) is 3.85. The van der Waals surface area contributed by atoms with Crippen molar-refractivity contribution in [3.05, 3.63) is 29.8 Å². The van der Waals surface area contributed by atoms with E-state index >= 15 is 0 Å². The smallest absolute Gasteiger partial charge is 0.376 e. The molecule has 0 saturated carbocycles. The lowest BCUT2D eigenvalue weighted by Gasteiger charge is -2.23. The maximum absolute atomic E-state index is 12.8. The summed E-state index contributed by atoms with van der Waals surface area (Å²) in [6.07, 6.45) is -2.21. The number of rotatable bonds is 6. The molecule has 1 aromatic rings. The minimum absolute atomic E-state index is 0.121. The minimum Gasteiger partial charge on any atom is -0.376 e. The fraction of sp³-hybridized carbons (Fsp3) is 0.533. The van der Waals surface area contributed by atoms with Gasteiger partial charge in [-0.3, -0.25) is 9.10 Å². The normalized spacial score (nSPS) is 18.2. The predicted molar refractivity (Wildman–Crippen MR) is 85.6 cm³/mol. The van der Waals surface area contributed by atoms with Gasteiger partial charge in [-0.1, -0.05) is 6.07 Å². The van der Waals surface area contributed by atoms with Crippen molar-refractivity contribution in [2.45, 2.75) is 25.1 Å². The number of hydrogen-bond acceptors (Lipinski definition) is 4. The molecule has 1 amide bonds. The first-order valence-electron chi connectivity index (χ1n) is 7.60. The lowest BCUT2D eigenvalue weighted by Crippen LogP contribution is -2.42. The van der Waals surface area contributed by atoms with Crippen LogP contribution in [0.15, 0.2) is 24.3 Å². The van der Waals surface area contributed by atoms with E-state index in [-0.39, 0.29) is 18.3 Å². The van der Waals surface area contributed by atoms with Crippen molar-refractivity contribution < 1.29 is 31.1 Å². The van der Waals surface area contributed by atoms with Gasteiger partial charge in [-0.2, -0.15) is 13.2 Å². The van der Waals surface area contributed by atoms with Crippen molar-refractivity contribution in [1.82, 2.24) is 5.32 Å². The molecule has 1 fully saturated rings. The highest BCUT2D eigenvalue weighted by molar-refractivity contribution is 7.92. The van der Waals surface area contributed by atoms with Crippen molar-refractivity contribution in [1.29, 1.82) is 0 Å². The van der Waals surface area contributed by atoms with Crippen LogP contribution in [0.4, 0.5) is 18.9 Å². The summed E-state index contributed by atoms with van der Waals surface area (Å²) in [4.78, 5) is 12.0. The molecule has 2 rings (SSSR count). The Labute approximate surface area is 144 Å². The molecule has 0 radical (unpaired) electrons. The number of benzene rings is 1. The Morgan fingerprint density at radius 2 is 2.12 bits per heavy atom. The van der Waals surface area contributed by atoms with Crippen LogP contribution in [0.1, 0.15) is 18.4 Å². The van der Waals surface area contributed by atoms with E-state index in [9.17, 15) is 26.4 Å². The van der Waals surface area contributed by atoms with E-state index < -0.39 is 34.2 Å². The Hall–Kier alpha value is -1.81. The van der Waals surface area contributed by atoms with Crippen molar-refractivity contribution >= 4 is 21.6 Å². The average Bonchev–Trinajstić information content (AvgIpc) is 3.02. The summed E-state index contributed by atoms with van der Waals surface area (Å²) in [5.74, 6) is -0.613. The molecular weight excluding hydrogens is 361 g/mol. The zero-order valence-electron chi connectivity index (χ0n) is 13.5. The molecule has 1 heterocycles. The molecular formula is C15H19F3N2O4S. The summed E-state index contributed by atoms with van der Waals surface area (Å²) in [6.45, 7) is 0.242.